The molecule has 3 aromatic rings. The van der Waals surface area contributed by atoms with Crippen LogP contribution in [0.5, 0.6) is 5.88 Å². The van der Waals surface area contributed by atoms with E-state index in [0.29, 0.717) is 43.0 Å². The van der Waals surface area contributed by atoms with Crippen molar-refractivity contribution in [3.8, 4) is 11.9 Å². The lowest BCUT2D eigenvalue weighted by atomic mass is 10.1. The molecule has 1 aromatic carbocycles. The van der Waals surface area contributed by atoms with Crippen LogP contribution in [-0.4, -0.2) is 46.9 Å². The minimum Gasteiger partial charge on any atom is -0.474 e. The lowest BCUT2D eigenvalue weighted by molar-refractivity contribution is 0.131. The number of fused-ring (bicyclic) bond motifs is 1. The van der Waals surface area contributed by atoms with Crippen LogP contribution < -0.4 is 4.74 Å². The predicted octanol–water partition coefficient (Wildman–Crippen LogP) is 2.06. The quantitative estimate of drug-likeness (QED) is 0.738. The van der Waals surface area contributed by atoms with Crippen LogP contribution in [0.2, 0.25) is 0 Å². The Balaban J connectivity index is 1.45. The van der Waals surface area contributed by atoms with Crippen LogP contribution in [0.1, 0.15) is 18.4 Å². The second kappa shape index (κ2) is 6.98. The van der Waals surface area contributed by atoms with Gasteiger partial charge in [-0.3, -0.25) is 0 Å². The molecule has 0 amide bonds. The zero-order valence-corrected chi connectivity index (χ0v) is 15.2. The van der Waals surface area contributed by atoms with Gasteiger partial charge in [-0.25, -0.2) is 18.4 Å². The van der Waals surface area contributed by atoms with Crippen molar-refractivity contribution < 1.29 is 13.2 Å². The summed E-state index contributed by atoms with van der Waals surface area (Å²) in [5.74, 6) is 0.504. The molecule has 9 heteroatoms. The van der Waals surface area contributed by atoms with Gasteiger partial charge in [0.1, 0.15) is 18.1 Å². The highest BCUT2D eigenvalue weighted by Gasteiger charge is 2.30. The molecule has 1 aliphatic rings. The molecule has 1 aliphatic heterocycles. The van der Waals surface area contributed by atoms with Gasteiger partial charge in [0.15, 0.2) is 0 Å². The Bertz CT molecular complexity index is 1110. The van der Waals surface area contributed by atoms with E-state index in [1.165, 1.54) is 22.8 Å². The number of sulfonamides is 1. The molecule has 1 fully saturated rings. The molecule has 138 valence electrons. The Morgan fingerprint density at radius 3 is 2.81 bits per heavy atom. The fourth-order valence-corrected chi connectivity index (χ4v) is 4.68. The van der Waals surface area contributed by atoms with Gasteiger partial charge in [-0.2, -0.15) is 9.57 Å². The van der Waals surface area contributed by atoms with E-state index in [2.05, 4.69) is 15.0 Å². The Morgan fingerprint density at radius 1 is 1.22 bits per heavy atom. The lowest BCUT2D eigenvalue weighted by Crippen LogP contribution is -2.41. The summed E-state index contributed by atoms with van der Waals surface area (Å²) >= 11 is 0. The number of hydrogen-bond donors (Lipinski definition) is 1. The van der Waals surface area contributed by atoms with E-state index in [-0.39, 0.29) is 11.0 Å². The number of aromatic amines is 1. The Kier molecular flexibility index (Phi) is 4.51. The number of ether oxygens (including phenoxy) is 1. The van der Waals surface area contributed by atoms with Crippen LogP contribution in [-0.2, 0) is 10.0 Å². The molecule has 27 heavy (non-hydrogen) atoms. The number of piperidine rings is 1. The Hall–Kier alpha value is -2.96. The highest BCUT2D eigenvalue weighted by Crippen LogP contribution is 2.26. The molecular weight excluding hydrogens is 366 g/mol. The zero-order valence-electron chi connectivity index (χ0n) is 14.4. The van der Waals surface area contributed by atoms with Crippen LogP contribution in [0.25, 0.3) is 11.0 Å². The second-order valence-corrected chi connectivity index (χ2v) is 8.22. The number of rotatable bonds is 4. The summed E-state index contributed by atoms with van der Waals surface area (Å²) in [6, 6.07) is 9.91. The van der Waals surface area contributed by atoms with Gasteiger partial charge in [0.05, 0.1) is 21.9 Å². The summed E-state index contributed by atoms with van der Waals surface area (Å²) in [6.45, 7) is 0.705. The topological polar surface area (TPSA) is 112 Å². The summed E-state index contributed by atoms with van der Waals surface area (Å²) in [7, 11) is -3.62. The molecule has 0 spiro atoms. The van der Waals surface area contributed by atoms with E-state index >= 15 is 0 Å². The molecule has 8 nitrogen and oxygen atoms in total. The van der Waals surface area contributed by atoms with Gasteiger partial charge in [-0.15, -0.1) is 0 Å². The third kappa shape index (κ3) is 3.37. The first-order valence-electron chi connectivity index (χ1n) is 8.53. The maximum Gasteiger partial charge on any atom is 0.243 e. The summed E-state index contributed by atoms with van der Waals surface area (Å²) in [4.78, 5) is 11.5. The smallest absolute Gasteiger partial charge is 0.243 e. The van der Waals surface area contributed by atoms with Crippen molar-refractivity contribution in [1.82, 2.24) is 19.3 Å². The lowest BCUT2D eigenvalue weighted by Gasteiger charge is -2.31. The Labute approximate surface area is 156 Å². The average Bonchev–Trinajstić information content (AvgIpc) is 3.18. The van der Waals surface area contributed by atoms with Crippen LogP contribution >= 0.6 is 0 Å². The van der Waals surface area contributed by atoms with Crippen molar-refractivity contribution in [3.63, 3.8) is 0 Å². The molecule has 1 N–H and O–H groups in total. The van der Waals surface area contributed by atoms with Gasteiger partial charge in [0.2, 0.25) is 15.9 Å². The fraction of sp³-hybridized carbons (Fsp3) is 0.278. The minimum atomic E-state index is -3.62. The van der Waals surface area contributed by atoms with Gasteiger partial charge < -0.3 is 9.72 Å². The molecular formula is C18H17N5O3S. The number of hydrogen-bond acceptors (Lipinski definition) is 6. The zero-order chi connectivity index (χ0) is 18.9. The van der Waals surface area contributed by atoms with E-state index < -0.39 is 10.0 Å². The van der Waals surface area contributed by atoms with Crippen LogP contribution in [0, 0.1) is 11.3 Å². The van der Waals surface area contributed by atoms with E-state index in [9.17, 15) is 8.42 Å². The maximum absolute atomic E-state index is 12.8. The first kappa shape index (κ1) is 17.5. The van der Waals surface area contributed by atoms with Gasteiger partial charge in [0, 0.05) is 19.3 Å². The molecule has 0 aliphatic carbocycles. The molecule has 0 bridgehead atoms. The van der Waals surface area contributed by atoms with Crippen molar-refractivity contribution in [2.24, 2.45) is 0 Å². The third-order valence-electron chi connectivity index (χ3n) is 4.60. The van der Waals surface area contributed by atoms with E-state index in [1.807, 2.05) is 12.1 Å². The summed E-state index contributed by atoms with van der Waals surface area (Å²) in [5.41, 5.74) is 1.03. The number of H-pyrrole nitrogens is 1. The number of aromatic nitrogens is 3. The SMILES string of the molecule is N#Cc1cccc(S(=O)(=O)N2CCC(Oc3ncnc4[nH]ccc34)CC2)c1. The number of nitrogens with zero attached hydrogens (tertiary/aromatic N) is 4. The standard InChI is InChI=1S/C18H17N5O3S/c19-11-13-2-1-3-15(10-13)27(24,25)23-8-5-14(6-9-23)26-18-16-4-7-20-17(16)21-12-22-18/h1-4,7,10,12,14H,5-6,8-9H2,(H,20,21,22). The molecule has 4 rings (SSSR count). The van der Waals surface area contributed by atoms with Crippen LogP contribution in [0.4, 0.5) is 0 Å². The second-order valence-electron chi connectivity index (χ2n) is 6.28. The molecule has 0 radical (unpaired) electrons. The molecule has 2 aromatic heterocycles. The van der Waals surface area contributed by atoms with E-state index in [0.717, 1.165) is 5.39 Å². The molecule has 0 saturated carbocycles. The van der Waals surface area contributed by atoms with Crippen LogP contribution in [0.3, 0.4) is 0 Å². The minimum absolute atomic E-state index is 0.116. The molecule has 0 atom stereocenters. The number of nitrogens with one attached hydrogen (secondary N) is 1. The Morgan fingerprint density at radius 2 is 2.04 bits per heavy atom. The average molecular weight is 383 g/mol. The summed E-state index contributed by atoms with van der Waals surface area (Å²) in [5, 5.41) is 9.79. The monoisotopic (exact) mass is 383 g/mol. The number of nitriles is 1. The third-order valence-corrected chi connectivity index (χ3v) is 6.49. The highest BCUT2D eigenvalue weighted by molar-refractivity contribution is 7.89. The first-order chi connectivity index (χ1) is 13.1. The normalized spacial score (nSPS) is 16.3. The molecule has 3 heterocycles. The largest absolute Gasteiger partial charge is 0.474 e. The first-order valence-corrected chi connectivity index (χ1v) is 9.97. The van der Waals surface area contributed by atoms with Crippen molar-refractivity contribution in [2.75, 3.05) is 13.1 Å². The van der Waals surface area contributed by atoms with Gasteiger partial charge in [0.25, 0.3) is 0 Å². The summed E-state index contributed by atoms with van der Waals surface area (Å²) < 4.78 is 33.1. The predicted molar refractivity (Wildman–Crippen MR) is 97.5 cm³/mol. The van der Waals surface area contributed by atoms with Crippen molar-refractivity contribution in [2.45, 2.75) is 23.8 Å². The van der Waals surface area contributed by atoms with Gasteiger partial charge >= 0.3 is 0 Å². The van der Waals surface area contributed by atoms with Crippen molar-refractivity contribution >= 4 is 21.1 Å². The van der Waals surface area contributed by atoms with Crippen LogP contribution in [0.15, 0.2) is 47.8 Å². The van der Waals surface area contributed by atoms with E-state index in [4.69, 9.17) is 10.00 Å². The fourth-order valence-electron chi connectivity index (χ4n) is 3.17. The van der Waals surface area contributed by atoms with E-state index in [1.54, 1.807) is 18.3 Å². The molecule has 1 saturated heterocycles. The number of benzene rings is 1. The maximum atomic E-state index is 12.8. The van der Waals surface area contributed by atoms with Crippen molar-refractivity contribution in [3.05, 3.63) is 48.4 Å². The molecule has 0 unspecified atom stereocenters. The van der Waals surface area contributed by atoms with Gasteiger partial charge in [-0.05, 0) is 37.1 Å². The summed E-state index contributed by atoms with van der Waals surface area (Å²) in [6.07, 6.45) is 4.22. The van der Waals surface area contributed by atoms with Crippen molar-refractivity contribution in [1.29, 1.82) is 5.26 Å². The van der Waals surface area contributed by atoms with Gasteiger partial charge in [-0.1, -0.05) is 6.07 Å². The highest BCUT2D eigenvalue weighted by atomic mass is 32.2.